The molecule has 1 fully saturated rings. The largest absolute Gasteiger partial charge is 0.453 e. The van der Waals surface area contributed by atoms with E-state index in [-0.39, 0.29) is 11.9 Å². The fraction of sp³-hybridized carbons (Fsp3) is 0.421. The lowest BCUT2D eigenvalue weighted by molar-refractivity contribution is 0.0630. The third kappa shape index (κ3) is 3.68. The first-order chi connectivity index (χ1) is 11.7. The molecule has 128 valence electrons. The van der Waals surface area contributed by atoms with Crippen LogP contribution in [0.2, 0.25) is 0 Å². The first kappa shape index (κ1) is 16.7. The zero-order chi connectivity index (χ0) is 16.9. The van der Waals surface area contributed by atoms with Crippen molar-refractivity contribution in [1.29, 1.82) is 0 Å². The second-order valence-corrected chi connectivity index (χ2v) is 6.16. The van der Waals surface area contributed by atoms with Crippen LogP contribution in [-0.2, 0) is 11.3 Å². The number of carbonyl (C=O) groups is 1. The van der Waals surface area contributed by atoms with E-state index < -0.39 is 6.10 Å². The van der Waals surface area contributed by atoms with Crippen LogP contribution < -0.4 is 0 Å². The molecular weight excluding hydrogens is 306 g/mol. The predicted octanol–water partition coefficient (Wildman–Crippen LogP) is 3.15. The number of hydrogen-bond donors (Lipinski definition) is 1. The van der Waals surface area contributed by atoms with Gasteiger partial charge in [-0.05, 0) is 37.0 Å². The van der Waals surface area contributed by atoms with E-state index in [1.54, 1.807) is 19.2 Å². The van der Waals surface area contributed by atoms with Crippen molar-refractivity contribution in [2.75, 3.05) is 13.7 Å². The number of hydrogen-bond acceptors (Lipinski definition) is 4. The molecule has 2 heterocycles. The van der Waals surface area contributed by atoms with Gasteiger partial charge in [0.2, 0.25) is 0 Å². The van der Waals surface area contributed by atoms with Crippen molar-refractivity contribution in [3.8, 4) is 0 Å². The fourth-order valence-corrected chi connectivity index (χ4v) is 3.27. The summed E-state index contributed by atoms with van der Waals surface area (Å²) in [5.41, 5.74) is 0.886. The number of benzene rings is 1. The fourth-order valence-electron chi connectivity index (χ4n) is 3.27. The molecule has 2 unspecified atom stereocenters. The zero-order valence-electron chi connectivity index (χ0n) is 13.9. The molecule has 24 heavy (non-hydrogen) atoms. The van der Waals surface area contributed by atoms with E-state index in [2.05, 4.69) is 0 Å². The van der Waals surface area contributed by atoms with Crippen molar-refractivity contribution in [1.82, 2.24) is 4.90 Å². The van der Waals surface area contributed by atoms with E-state index in [0.29, 0.717) is 31.1 Å². The lowest BCUT2D eigenvalue weighted by Crippen LogP contribution is -2.36. The van der Waals surface area contributed by atoms with Gasteiger partial charge in [0.1, 0.15) is 12.4 Å². The van der Waals surface area contributed by atoms with Crippen LogP contribution in [0.15, 0.2) is 46.9 Å². The van der Waals surface area contributed by atoms with Crippen molar-refractivity contribution in [3.05, 3.63) is 59.5 Å². The molecule has 0 saturated carbocycles. The number of rotatable bonds is 6. The number of ether oxygens (including phenoxy) is 1. The van der Waals surface area contributed by atoms with Gasteiger partial charge in [0.25, 0.3) is 5.91 Å². The van der Waals surface area contributed by atoms with Gasteiger partial charge in [0.15, 0.2) is 5.76 Å². The summed E-state index contributed by atoms with van der Waals surface area (Å²) < 4.78 is 10.6. The van der Waals surface area contributed by atoms with E-state index >= 15 is 0 Å². The van der Waals surface area contributed by atoms with Crippen LogP contribution in [0.5, 0.6) is 0 Å². The quantitative estimate of drug-likeness (QED) is 0.884. The van der Waals surface area contributed by atoms with Gasteiger partial charge in [0.05, 0.1) is 6.10 Å². The number of nitrogens with zero attached hydrogens (tertiary/aromatic N) is 1. The van der Waals surface area contributed by atoms with Crippen molar-refractivity contribution in [2.45, 2.75) is 38.0 Å². The lowest BCUT2D eigenvalue weighted by Gasteiger charge is -2.26. The van der Waals surface area contributed by atoms with E-state index in [4.69, 9.17) is 9.15 Å². The monoisotopic (exact) mass is 329 g/mol. The number of methoxy groups -OCH3 is 1. The predicted molar refractivity (Wildman–Crippen MR) is 89.5 cm³/mol. The van der Waals surface area contributed by atoms with E-state index in [1.165, 1.54) is 0 Å². The summed E-state index contributed by atoms with van der Waals surface area (Å²) in [6, 6.07) is 13.1. The Morgan fingerprint density at radius 3 is 2.88 bits per heavy atom. The minimum atomic E-state index is -0.565. The van der Waals surface area contributed by atoms with Crippen LogP contribution in [-0.4, -0.2) is 35.6 Å². The van der Waals surface area contributed by atoms with Crippen LogP contribution in [0, 0.1) is 0 Å². The maximum Gasteiger partial charge on any atom is 0.289 e. The maximum absolute atomic E-state index is 12.7. The maximum atomic E-state index is 12.7. The van der Waals surface area contributed by atoms with Gasteiger partial charge in [-0.2, -0.15) is 0 Å². The van der Waals surface area contributed by atoms with Gasteiger partial charge in [-0.25, -0.2) is 0 Å². The van der Waals surface area contributed by atoms with E-state index in [1.807, 2.05) is 35.2 Å². The average Bonchev–Trinajstić information content (AvgIpc) is 3.25. The molecule has 3 rings (SSSR count). The highest BCUT2D eigenvalue weighted by Gasteiger charge is 2.32. The highest BCUT2D eigenvalue weighted by atomic mass is 16.5. The highest BCUT2D eigenvalue weighted by Crippen LogP contribution is 2.29. The topological polar surface area (TPSA) is 62.9 Å². The van der Waals surface area contributed by atoms with Crippen LogP contribution in [0.3, 0.4) is 0 Å². The van der Waals surface area contributed by atoms with Crippen LogP contribution in [0.25, 0.3) is 0 Å². The zero-order valence-corrected chi connectivity index (χ0v) is 13.9. The summed E-state index contributed by atoms with van der Waals surface area (Å²) in [6.07, 6.45) is 1.83. The van der Waals surface area contributed by atoms with Gasteiger partial charge >= 0.3 is 0 Å². The van der Waals surface area contributed by atoms with Crippen LogP contribution >= 0.6 is 0 Å². The van der Waals surface area contributed by atoms with E-state index in [9.17, 15) is 9.90 Å². The molecule has 1 amide bonds. The molecule has 1 aliphatic heterocycles. The summed E-state index contributed by atoms with van der Waals surface area (Å²) in [5.74, 6) is 0.865. The Morgan fingerprint density at radius 1 is 1.33 bits per heavy atom. The molecule has 1 saturated heterocycles. The third-order valence-electron chi connectivity index (χ3n) is 4.48. The normalized spacial score (nSPS) is 18.8. The smallest absolute Gasteiger partial charge is 0.289 e. The minimum absolute atomic E-state index is 0.0312. The van der Waals surface area contributed by atoms with E-state index in [0.717, 1.165) is 18.4 Å². The second kappa shape index (κ2) is 7.64. The van der Waals surface area contributed by atoms with Gasteiger partial charge in [0, 0.05) is 19.7 Å². The molecule has 1 aromatic carbocycles. The summed E-state index contributed by atoms with van der Waals surface area (Å²) >= 11 is 0. The molecule has 1 N–H and O–H groups in total. The molecule has 0 spiro atoms. The molecule has 0 bridgehead atoms. The lowest BCUT2D eigenvalue weighted by atomic mass is 10.0. The number of amides is 1. The SMILES string of the molecule is COCc1ccc(C(=O)N2CCCC2CC(O)c2ccccc2)o1. The Labute approximate surface area is 141 Å². The third-order valence-corrected chi connectivity index (χ3v) is 4.48. The Morgan fingerprint density at radius 2 is 2.12 bits per heavy atom. The molecule has 5 nitrogen and oxygen atoms in total. The molecule has 0 aliphatic carbocycles. The van der Waals surface area contributed by atoms with Gasteiger partial charge in [-0.3, -0.25) is 4.79 Å². The highest BCUT2D eigenvalue weighted by molar-refractivity contribution is 5.92. The van der Waals surface area contributed by atoms with Crippen molar-refractivity contribution in [2.24, 2.45) is 0 Å². The Kier molecular flexibility index (Phi) is 5.33. The van der Waals surface area contributed by atoms with Crippen molar-refractivity contribution in [3.63, 3.8) is 0 Å². The standard InChI is InChI=1S/C19H23NO4/c1-23-13-16-9-10-18(24-16)19(22)20-11-5-8-15(20)12-17(21)14-6-3-2-4-7-14/h2-4,6-7,9-10,15,17,21H,5,8,11-13H2,1H3. The Balaban J connectivity index is 1.67. The molecule has 2 atom stereocenters. The number of aliphatic hydroxyl groups excluding tert-OH is 1. The minimum Gasteiger partial charge on any atom is -0.453 e. The Bertz CT molecular complexity index is 667. The molecule has 1 aliphatic rings. The van der Waals surface area contributed by atoms with Gasteiger partial charge in [-0.1, -0.05) is 30.3 Å². The molecule has 5 heteroatoms. The van der Waals surface area contributed by atoms with Crippen molar-refractivity contribution >= 4 is 5.91 Å². The summed E-state index contributed by atoms with van der Waals surface area (Å²) in [5, 5.41) is 10.4. The summed E-state index contributed by atoms with van der Waals surface area (Å²) in [6.45, 7) is 1.05. The second-order valence-electron chi connectivity index (χ2n) is 6.16. The molecule has 0 radical (unpaired) electrons. The number of furan rings is 1. The number of aliphatic hydroxyl groups is 1. The van der Waals surface area contributed by atoms with Crippen LogP contribution in [0.1, 0.15) is 47.2 Å². The summed E-state index contributed by atoms with van der Waals surface area (Å²) in [7, 11) is 1.59. The Hall–Kier alpha value is -2.11. The molecule has 2 aromatic rings. The van der Waals surface area contributed by atoms with Gasteiger partial charge < -0.3 is 19.2 Å². The van der Waals surface area contributed by atoms with Crippen LogP contribution in [0.4, 0.5) is 0 Å². The molecular formula is C19H23NO4. The average molecular weight is 329 g/mol. The first-order valence-corrected chi connectivity index (χ1v) is 8.30. The number of likely N-dealkylation sites (tertiary alicyclic amines) is 1. The summed E-state index contributed by atoms with van der Waals surface area (Å²) in [4.78, 5) is 14.5. The van der Waals surface area contributed by atoms with Gasteiger partial charge in [-0.15, -0.1) is 0 Å². The number of carbonyl (C=O) groups excluding carboxylic acids is 1. The molecule has 1 aromatic heterocycles. The first-order valence-electron chi connectivity index (χ1n) is 8.30. The van der Waals surface area contributed by atoms with Crippen molar-refractivity contribution < 1.29 is 19.1 Å².